The molecule has 1 heterocycles. The third-order valence-electron chi connectivity index (χ3n) is 6.51. The SMILES string of the molecule is CC(C)(C)OC(=O)NC1(C)CCCCC1C(=O)NC1CCC2(CC1)NC(=O)NC2=O. The van der Waals surface area contributed by atoms with Crippen LogP contribution < -0.4 is 21.3 Å². The molecule has 0 radical (unpaired) electrons. The van der Waals surface area contributed by atoms with Crippen LogP contribution in [0.1, 0.15) is 79.1 Å². The normalized spacial score (nSPS) is 34.1. The van der Waals surface area contributed by atoms with E-state index in [9.17, 15) is 19.2 Å². The minimum Gasteiger partial charge on any atom is -0.444 e. The predicted octanol–water partition coefficient (Wildman–Crippen LogP) is 2.10. The molecule has 3 fully saturated rings. The Hall–Kier alpha value is -2.32. The van der Waals surface area contributed by atoms with Gasteiger partial charge in [-0.2, -0.15) is 0 Å². The van der Waals surface area contributed by atoms with Gasteiger partial charge in [0.1, 0.15) is 11.1 Å². The second-order valence-corrected chi connectivity index (χ2v) is 10.1. The molecule has 9 heteroatoms. The average Bonchev–Trinajstić information content (AvgIpc) is 2.88. The summed E-state index contributed by atoms with van der Waals surface area (Å²) in [4.78, 5) is 49.1. The number of carbonyl (C=O) groups is 4. The molecule has 0 aromatic carbocycles. The Balaban J connectivity index is 1.59. The Morgan fingerprint density at radius 2 is 1.73 bits per heavy atom. The number of urea groups is 1. The highest BCUT2D eigenvalue weighted by Gasteiger charge is 2.49. The van der Waals surface area contributed by atoms with Crippen molar-refractivity contribution in [3.8, 4) is 0 Å². The third-order valence-corrected chi connectivity index (χ3v) is 6.51. The van der Waals surface area contributed by atoms with E-state index < -0.39 is 28.8 Å². The first-order valence-corrected chi connectivity index (χ1v) is 10.9. The van der Waals surface area contributed by atoms with Gasteiger partial charge in [0.25, 0.3) is 5.91 Å². The topological polar surface area (TPSA) is 126 Å². The molecule has 0 bridgehead atoms. The molecule has 2 aliphatic carbocycles. The minimum atomic E-state index is -0.837. The van der Waals surface area contributed by atoms with Gasteiger partial charge in [-0.3, -0.25) is 14.9 Å². The van der Waals surface area contributed by atoms with E-state index in [-0.39, 0.29) is 23.8 Å². The molecule has 2 atom stereocenters. The predicted molar refractivity (Wildman–Crippen MR) is 110 cm³/mol. The molecule has 1 spiro atoms. The second kappa shape index (κ2) is 8.07. The van der Waals surface area contributed by atoms with E-state index >= 15 is 0 Å². The van der Waals surface area contributed by atoms with E-state index in [2.05, 4.69) is 21.3 Å². The van der Waals surface area contributed by atoms with E-state index in [1.807, 2.05) is 27.7 Å². The summed E-state index contributed by atoms with van der Waals surface area (Å²) in [7, 11) is 0. The van der Waals surface area contributed by atoms with Crippen LogP contribution in [0, 0.1) is 5.92 Å². The molecule has 30 heavy (non-hydrogen) atoms. The minimum absolute atomic E-state index is 0.0545. The van der Waals surface area contributed by atoms with Gasteiger partial charge in [-0.05, 0) is 66.2 Å². The van der Waals surface area contributed by atoms with Gasteiger partial charge >= 0.3 is 12.1 Å². The highest BCUT2D eigenvalue weighted by atomic mass is 16.6. The molecule has 1 saturated heterocycles. The first-order chi connectivity index (χ1) is 13.9. The Morgan fingerprint density at radius 1 is 1.07 bits per heavy atom. The van der Waals surface area contributed by atoms with Crippen LogP contribution in [0.15, 0.2) is 0 Å². The molecule has 3 rings (SSSR count). The lowest BCUT2D eigenvalue weighted by Gasteiger charge is -2.42. The molecule has 2 saturated carbocycles. The van der Waals surface area contributed by atoms with E-state index in [4.69, 9.17) is 4.74 Å². The molecule has 2 unspecified atom stereocenters. The van der Waals surface area contributed by atoms with Crippen molar-refractivity contribution in [2.24, 2.45) is 5.92 Å². The molecule has 9 nitrogen and oxygen atoms in total. The smallest absolute Gasteiger partial charge is 0.408 e. The van der Waals surface area contributed by atoms with Crippen molar-refractivity contribution in [1.82, 2.24) is 21.3 Å². The van der Waals surface area contributed by atoms with E-state index in [0.717, 1.165) is 12.8 Å². The Kier molecular flexibility index (Phi) is 6.02. The maximum atomic E-state index is 13.1. The van der Waals surface area contributed by atoms with Gasteiger partial charge in [0, 0.05) is 6.04 Å². The quantitative estimate of drug-likeness (QED) is 0.518. The largest absolute Gasteiger partial charge is 0.444 e. The molecule has 1 aliphatic heterocycles. The number of hydrogen-bond acceptors (Lipinski definition) is 5. The van der Waals surface area contributed by atoms with E-state index in [1.54, 1.807) is 0 Å². The highest BCUT2D eigenvalue weighted by Crippen LogP contribution is 2.35. The number of ether oxygens (including phenoxy) is 1. The number of hydrogen-bond donors (Lipinski definition) is 4. The van der Waals surface area contributed by atoms with Crippen LogP contribution in [0.2, 0.25) is 0 Å². The number of rotatable bonds is 3. The molecular weight excluding hydrogens is 388 g/mol. The molecule has 0 aromatic rings. The fraction of sp³-hybridized carbons (Fsp3) is 0.810. The van der Waals surface area contributed by atoms with Gasteiger partial charge in [0.2, 0.25) is 5.91 Å². The summed E-state index contributed by atoms with van der Waals surface area (Å²) in [5.41, 5.74) is -2.11. The summed E-state index contributed by atoms with van der Waals surface area (Å²) in [6.07, 6.45) is 5.00. The standard InChI is InChI=1S/C21H34N4O5/c1-19(2,3)30-18(29)25-20(4)10-6-5-7-14(20)15(26)22-13-8-11-21(12-9-13)16(27)23-17(28)24-21/h13-14H,5-12H2,1-4H3,(H,22,26)(H,25,29)(H2,23,24,27,28). The van der Waals surface area contributed by atoms with Crippen LogP contribution in [-0.4, -0.2) is 46.7 Å². The molecule has 0 aromatic heterocycles. The zero-order valence-corrected chi connectivity index (χ0v) is 18.4. The van der Waals surface area contributed by atoms with Crippen LogP contribution in [0.25, 0.3) is 0 Å². The average molecular weight is 423 g/mol. The zero-order valence-electron chi connectivity index (χ0n) is 18.4. The Morgan fingerprint density at radius 3 is 2.30 bits per heavy atom. The molecular formula is C21H34N4O5. The van der Waals surface area contributed by atoms with Crippen LogP contribution >= 0.6 is 0 Å². The lowest BCUT2D eigenvalue weighted by Crippen LogP contribution is -2.59. The second-order valence-electron chi connectivity index (χ2n) is 10.1. The molecule has 168 valence electrons. The monoisotopic (exact) mass is 422 g/mol. The number of carbonyl (C=O) groups excluding carboxylic acids is 4. The van der Waals surface area contributed by atoms with Crippen molar-refractivity contribution in [2.75, 3.05) is 0 Å². The van der Waals surface area contributed by atoms with E-state index in [0.29, 0.717) is 38.5 Å². The Labute approximate surface area is 177 Å². The fourth-order valence-corrected chi connectivity index (χ4v) is 4.88. The molecule has 4 N–H and O–H groups in total. The number of amides is 5. The van der Waals surface area contributed by atoms with Crippen molar-refractivity contribution in [2.45, 2.75) is 102 Å². The van der Waals surface area contributed by atoms with Crippen molar-refractivity contribution in [1.29, 1.82) is 0 Å². The Bertz CT molecular complexity index is 723. The summed E-state index contributed by atoms with van der Waals surface area (Å²) in [5, 5.41) is 11.1. The van der Waals surface area contributed by atoms with Gasteiger partial charge in [-0.25, -0.2) is 9.59 Å². The summed E-state index contributed by atoms with van der Waals surface area (Å²) < 4.78 is 5.40. The van der Waals surface area contributed by atoms with Crippen molar-refractivity contribution in [3.05, 3.63) is 0 Å². The summed E-state index contributed by atoms with van der Waals surface area (Å²) >= 11 is 0. The van der Waals surface area contributed by atoms with E-state index in [1.165, 1.54) is 0 Å². The summed E-state index contributed by atoms with van der Waals surface area (Å²) in [6.45, 7) is 7.34. The molecule has 3 aliphatic rings. The first-order valence-electron chi connectivity index (χ1n) is 10.9. The highest BCUT2D eigenvalue weighted by molar-refractivity contribution is 6.07. The van der Waals surface area contributed by atoms with Crippen molar-refractivity contribution < 1.29 is 23.9 Å². The van der Waals surface area contributed by atoms with Crippen molar-refractivity contribution in [3.63, 3.8) is 0 Å². The van der Waals surface area contributed by atoms with Crippen LogP contribution in [0.4, 0.5) is 9.59 Å². The summed E-state index contributed by atoms with van der Waals surface area (Å²) in [5.74, 6) is -0.697. The maximum absolute atomic E-state index is 13.1. The first kappa shape index (κ1) is 22.4. The lowest BCUT2D eigenvalue weighted by molar-refractivity contribution is -0.130. The van der Waals surface area contributed by atoms with Gasteiger partial charge in [0.15, 0.2) is 0 Å². The lowest BCUT2D eigenvalue weighted by atomic mass is 9.73. The third kappa shape index (κ3) is 4.87. The zero-order chi connectivity index (χ0) is 22.2. The van der Waals surface area contributed by atoms with Gasteiger partial charge in [0.05, 0.1) is 11.5 Å². The summed E-state index contributed by atoms with van der Waals surface area (Å²) in [6, 6.07) is -0.505. The van der Waals surface area contributed by atoms with Gasteiger partial charge < -0.3 is 20.7 Å². The number of nitrogens with one attached hydrogen (secondary N) is 4. The van der Waals surface area contributed by atoms with Crippen LogP contribution in [-0.2, 0) is 14.3 Å². The van der Waals surface area contributed by atoms with Gasteiger partial charge in [-0.15, -0.1) is 0 Å². The van der Waals surface area contributed by atoms with Crippen molar-refractivity contribution >= 4 is 23.9 Å². The number of alkyl carbamates (subject to hydrolysis) is 1. The maximum Gasteiger partial charge on any atom is 0.408 e. The fourth-order valence-electron chi connectivity index (χ4n) is 4.88. The van der Waals surface area contributed by atoms with Crippen LogP contribution in [0.3, 0.4) is 0 Å². The molecule has 5 amide bonds. The number of imide groups is 1. The van der Waals surface area contributed by atoms with Crippen LogP contribution in [0.5, 0.6) is 0 Å². The van der Waals surface area contributed by atoms with Gasteiger partial charge in [-0.1, -0.05) is 12.8 Å².